The summed E-state index contributed by atoms with van der Waals surface area (Å²) in [5, 5.41) is 3.85. The zero-order valence-corrected chi connectivity index (χ0v) is 20.7. The first-order chi connectivity index (χ1) is 15.7. The molecule has 10 heteroatoms. The average Bonchev–Trinajstić information content (AvgIpc) is 3.17. The van der Waals surface area contributed by atoms with Gasteiger partial charge >= 0.3 is 0 Å². The van der Waals surface area contributed by atoms with Crippen molar-refractivity contribution in [2.75, 3.05) is 105 Å². The summed E-state index contributed by atoms with van der Waals surface area (Å²) in [6, 6.07) is 0. The largest absolute Gasteiger partial charge is 0.302 e. The Hall–Kier alpha value is -0.0900. The maximum atomic E-state index is 13.9. The maximum absolute atomic E-state index is 13.9. The first-order valence-electron chi connectivity index (χ1n) is 13.3. The van der Waals surface area contributed by atoms with Gasteiger partial charge in [-0.15, -0.1) is 0 Å². The van der Waals surface area contributed by atoms with Crippen LogP contribution in [0, 0.1) is 0 Å². The summed E-state index contributed by atoms with van der Waals surface area (Å²) in [6.45, 7) is 17.8. The Morgan fingerprint density at radius 2 is 1.31 bits per heavy atom. The molecule has 6 saturated heterocycles. The summed E-state index contributed by atoms with van der Waals surface area (Å²) in [5.41, 5.74) is 0. The van der Waals surface area contributed by atoms with E-state index in [-0.39, 0.29) is 0 Å². The highest BCUT2D eigenvalue weighted by molar-refractivity contribution is 7.56. The molecule has 0 amide bonds. The molecule has 9 nitrogen and oxygen atoms in total. The van der Waals surface area contributed by atoms with E-state index in [1.807, 2.05) is 0 Å². The van der Waals surface area contributed by atoms with Gasteiger partial charge in [-0.1, -0.05) is 0 Å². The van der Waals surface area contributed by atoms with Gasteiger partial charge < -0.3 is 4.90 Å². The highest BCUT2D eigenvalue weighted by Gasteiger charge is 2.49. The molecule has 6 aliphatic rings. The fourth-order valence-electron chi connectivity index (χ4n) is 7.17. The Morgan fingerprint density at radius 1 is 0.656 bits per heavy atom. The fraction of sp³-hybridized carbons (Fsp3) is 1.00. The Bertz CT molecular complexity index is 703. The molecule has 182 valence electrons. The van der Waals surface area contributed by atoms with Crippen molar-refractivity contribution in [2.24, 2.45) is 0 Å². The van der Waals surface area contributed by atoms with E-state index in [2.05, 4.69) is 38.9 Å². The van der Waals surface area contributed by atoms with Crippen LogP contribution in [0.4, 0.5) is 0 Å². The fourth-order valence-corrected chi connectivity index (χ4v) is 10.5. The van der Waals surface area contributed by atoms with E-state index in [0.717, 1.165) is 71.7 Å². The number of nitrogens with one attached hydrogen (secondary N) is 1. The zero-order chi connectivity index (χ0) is 21.5. The predicted molar refractivity (Wildman–Crippen MR) is 128 cm³/mol. The van der Waals surface area contributed by atoms with Gasteiger partial charge in [0.2, 0.25) is 0 Å². The molecule has 3 atom stereocenters. The Labute approximate surface area is 194 Å². The van der Waals surface area contributed by atoms with Crippen LogP contribution in [0.2, 0.25) is 0 Å². The third kappa shape index (κ3) is 4.01. The zero-order valence-electron chi connectivity index (χ0n) is 19.8. The second-order valence-electron chi connectivity index (χ2n) is 10.6. The van der Waals surface area contributed by atoms with Crippen LogP contribution >= 0.6 is 7.59 Å². The minimum absolute atomic E-state index is 0.505. The van der Waals surface area contributed by atoms with Crippen molar-refractivity contribution in [3.05, 3.63) is 0 Å². The SMILES string of the molecule is O=P12N3CCCN1CCN2CCCN(CCCN1CCN2CCCN4CCN[C@@H]1[C@@H]42)CC3. The molecule has 32 heavy (non-hydrogen) atoms. The van der Waals surface area contributed by atoms with Crippen LogP contribution in [-0.4, -0.2) is 151 Å². The molecular weight excluding hydrogens is 423 g/mol. The van der Waals surface area contributed by atoms with Gasteiger partial charge in [-0.05, 0) is 38.8 Å². The molecule has 0 bridgehead atoms. The Balaban J connectivity index is 1.04. The Morgan fingerprint density at radius 3 is 2.09 bits per heavy atom. The summed E-state index contributed by atoms with van der Waals surface area (Å²) in [4.78, 5) is 10.8. The normalized spacial score (nSPS) is 39.2. The van der Waals surface area contributed by atoms with Crippen molar-refractivity contribution >= 4 is 7.59 Å². The number of hydrogen-bond donors (Lipinski definition) is 1. The van der Waals surface area contributed by atoms with E-state index >= 15 is 0 Å². The predicted octanol–water partition coefficient (Wildman–Crippen LogP) is 0.0923. The van der Waals surface area contributed by atoms with Gasteiger partial charge in [0.25, 0.3) is 7.59 Å². The van der Waals surface area contributed by atoms with Gasteiger partial charge in [0.1, 0.15) is 0 Å². The topological polar surface area (TPSA) is 51.8 Å². The molecule has 0 aromatic carbocycles. The summed E-state index contributed by atoms with van der Waals surface area (Å²) in [7, 11) is -2.44. The molecule has 6 fully saturated rings. The van der Waals surface area contributed by atoms with E-state index in [9.17, 15) is 4.57 Å². The lowest BCUT2D eigenvalue weighted by Crippen LogP contribution is -2.75. The van der Waals surface area contributed by atoms with Crippen molar-refractivity contribution in [2.45, 2.75) is 38.0 Å². The van der Waals surface area contributed by atoms with Crippen LogP contribution < -0.4 is 5.32 Å². The molecule has 1 unspecified atom stereocenters. The summed E-state index contributed by atoms with van der Waals surface area (Å²) < 4.78 is 20.9. The van der Waals surface area contributed by atoms with E-state index < -0.39 is 7.59 Å². The van der Waals surface area contributed by atoms with E-state index in [0.29, 0.717) is 12.3 Å². The highest BCUT2D eigenvalue weighted by atomic mass is 31.2. The molecule has 0 aromatic heterocycles. The van der Waals surface area contributed by atoms with Crippen LogP contribution in [0.25, 0.3) is 0 Å². The second kappa shape index (κ2) is 9.51. The lowest BCUT2D eigenvalue weighted by Gasteiger charge is -2.56. The Kier molecular flexibility index (Phi) is 6.65. The quantitative estimate of drug-likeness (QED) is 0.581. The molecule has 6 aliphatic heterocycles. The standard InChI is InChI=1S/C22H43N8OP/c31-32-28-12-4-13-30(32)20-19-29(32)11-2-7-24(15-18-28)6-1-8-25-16-17-27-10-3-9-26-14-5-23-21(25)22(26)27/h21-23H,1-20H2/t21-,22-,32?/m0/s1. The van der Waals surface area contributed by atoms with Crippen LogP contribution in [0.15, 0.2) is 0 Å². The van der Waals surface area contributed by atoms with Crippen molar-refractivity contribution < 1.29 is 4.57 Å². The monoisotopic (exact) mass is 466 g/mol. The van der Waals surface area contributed by atoms with Gasteiger partial charge in [-0.25, -0.2) is 14.0 Å². The smallest absolute Gasteiger partial charge is 0.287 e. The molecule has 6 heterocycles. The lowest BCUT2D eigenvalue weighted by molar-refractivity contribution is -0.115. The summed E-state index contributed by atoms with van der Waals surface area (Å²) in [5.74, 6) is 0. The van der Waals surface area contributed by atoms with E-state index in [1.165, 1.54) is 58.7 Å². The van der Waals surface area contributed by atoms with Gasteiger partial charge in [-0.3, -0.25) is 24.6 Å². The molecule has 0 aromatic rings. The molecule has 6 rings (SSSR count). The number of piperazine rings is 2. The summed E-state index contributed by atoms with van der Waals surface area (Å²) in [6.07, 6.45) is 5.96. The lowest BCUT2D eigenvalue weighted by atomic mass is 10.1. The van der Waals surface area contributed by atoms with Gasteiger partial charge in [0, 0.05) is 91.6 Å². The van der Waals surface area contributed by atoms with Crippen molar-refractivity contribution in [1.29, 1.82) is 0 Å². The van der Waals surface area contributed by atoms with Crippen molar-refractivity contribution in [1.82, 2.24) is 38.9 Å². The molecule has 0 aliphatic carbocycles. The first-order valence-corrected chi connectivity index (χ1v) is 14.8. The number of nitrogens with zero attached hydrogens (tertiary/aromatic N) is 7. The molecule has 1 N–H and O–H groups in total. The van der Waals surface area contributed by atoms with Crippen LogP contribution in [-0.2, 0) is 4.57 Å². The van der Waals surface area contributed by atoms with Crippen LogP contribution in [0.1, 0.15) is 25.7 Å². The van der Waals surface area contributed by atoms with Gasteiger partial charge in [-0.2, -0.15) is 0 Å². The average molecular weight is 467 g/mol. The van der Waals surface area contributed by atoms with E-state index in [1.54, 1.807) is 0 Å². The molecule has 0 saturated carbocycles. The van der Waals surface area contributed by atoms with Gasteiger partial charge in [0.15, 0.2) is 0 Å². The number of hydrogen-bond acceptors (Lipinski definition) is 6. The van der Waals surface area contributed by atoms with Crippen molar-refractivity contribution in [3.8, 4) is 0 Å². The summed E-state index contributed by atoms with van der Waals surface area (Å²) >= 11 is 0. The minimum atomic E-state index is -2.44. The third-order valence-corrected chi connectivity index (χ3v) is 12.2. The minimum Gasteiger partial charge on any atom is -0.302 e. The maximum Gasteiger partial charge on any atom is 0.287 e. The van der Waals surface area contributed by atoms with Crippen molar-refractivity contribution in [3.63, 3.8) is 0 Å². The molecular formula is C22H43N8OP. The molecule has 0 radical (unpaired) electrons. The third-order valence-electron chi connectivity index (χ3n) is 8.78. The second-order valence-corrected chi connectivity index (χ2v) is 13.3. The van der Waals surface area contributed by atoms with Gasteiger partial charge in [0.05, 0.1) is 12.3 Å². The van der Waals surface area contributed by atoms with Crippen LogP contribution in [0.5, 0.6) is 0 Å². The highest BCUT2D eigenvalue weighted by Crippen LogP contribution is 2.61. The van der Waals surface area contributed by atoms with Crippen LogP contribution in [0.3, 0.4) is 0 Å². The van der Waals surface area contributed by atoms with E-state index in [4.69, 9.17) is 0 Å². The molecule has 0 spiro atoms. The number of rotatable bonds is 4. The first kappa shape index (κ1) is 22.4.